The number of hydrogen-bond donors (Lipinski definition) is 1. The van der Waals surface area contributed by atoms with E-state index in [1.807, 2.05) is 6.92 Å². The molecule has 1 saturated carbocycles. The van der Waals surface area contributed by atoms with Gasteiger partial charge in [0, 0.05) is 24.5 Å². The van der Waals surface area contributed by atoms with Gasteiger partial charge < -0.3 is 10.6 Å². The SMILES string of the molecule is CC(N)C1CCCCN1C(=O)C1CCC(c2ccccc2)CC1. The van der Waals surface area contributed by atoms with Gasteiger partial charge in [-0.1, -0.05) is 30.3 Å². The summed E-state index contributed by atoms with van der Waals surface area (Å²) in [6, 6.07) is 11.1. The Hall–Kier alpha value is -1.35. The summed E-state index contributed by atoms with van der Waals surface area (Å²) in [5.41, 5.74) is 7.56. The molecule has 1 amide bonds. The van der Waals surface area contributed by atoms with Crippen molar-refractivity contribution in [3.05, 3.63) is 35.9 Å². The fourth-order valence-electron chi connectivity index (χ4n) is 4.41. The summed E-state index contributed by atoms with van der Waals surface area (Å²) in [6.45, 7) is 2.95. The van der Waals surface area contributed by atoms with Crippen molar-refractivity contribution in [1.29, 1.82) is 0 Å². The van der Waals surface area contributed by atoms with Crippen LogP contribution < -0.4 is 5.73 Å². The third kappa shape index (κ3) is 3.77. The third-order valence-electron chi connectivity index (χ3n) is 5.79. The number of carbonyl (C=O) groups is 1. The molecule has 1 saturated heterocycles. The van der Waals surface area contributed by atoms with E-state index >= 15 is 0 Å². The molecule has 3 rings (SSSR count). The number of likely N-dealkylation sites (tertiary alicyclic amines) is 1. The van der Waals surface area contributed by atoms with E-state index in [9.17, 15) is 4.79 Å². The average molecular weight is 314 g/mol. The second-order valence-electron chi connectivity index (χ2n) is 7.41. The largest absolute Gasteiger partial charge is 0.338 e. The van der Waals surface area contributed by atoms with Gasteiger partial charge in [-0.25, -0.2) is 0 Å². The standard InChI is InChI=1S/C20H30N2O/c1-15(21)19-9-5-6-14-22(19)20(23)18-12-10-17(11-13-18)16-7-3-2-4-8-16/h2-4,7-8,15,17-19H,5-6,9-14,21H2,1H3. The van der Waals surface area contributed by atoms with Gasteiger partial charge in [-0.15, -0.1) is 0 Å². The van der Waals surface area contributed by atoms with Crippen molar-refractivity contribution in [3.8, 4) is 0 Å². The highest BCUT2D eigenvalue weighted by atomic mass is 16.2. The normalized spacial score (nSPS) is 30.0. The number of piperidine rings is 1. The molecule has 126 valence electrons. The first-order valence-corrected chi connectivity index (χ1v) is 9.28. The van der Waals surface area contributed by atoms with E-state index in [-0.39, 0.29) is 18.0 Å². The Bertz CT molecular complexity index is 506. The summed E-state index contributed by atoms with van der Waals surface area (Å²) in [5, 5.41) is 0. The number of carbonyl (C=O) groups excluding carboxylic acids is 1. The minimum Gasteiger partial charge on any atom is -0.338 e. The molecule has 3 nitrogen and oxygen atoms in total. The number of rotatable bonds is 3. The third-order valence-corrected chi connectivity index (χ3v) is 5.79. The first-order chi connectivity index (χ1) is 11.2. The van der Waals surface area contributed by atoms with E-state index in [1.54, 1.807) is 0 Å². The predicted molar refractivity (Wildman–Crippen MR) is 94.1 cm³/mol. The Morgan fingerprint density at radius 3 is 2.43 bits per heavy atom. The van der Waals surface area contributed by atoms with Gasteiger partial charge in [-0.05, 0) is 63.4 Å². The van der Waals surface area contributed by atoms with Gasteiger partial charge in [-0.2, -0.15) is 0 Å². The van der Waals surface area contributed by atoms with E-state index in [2.05, 4.69) is 35.2 Å². The van der Waals surface area contributed by atoms with Gasteiger partial charge in [0.2, 0.25) is 5.91 Å². The molecule has 2 N–H and O–H groups in total. The fraction of sp³-hybridized carbons (Fsp3) is 0.650. The lowest BCUT2D eigenvalue weighted by Crippen LogP contribution is -2.53. The van der Waals surface area contributed by atoms with Gasteiger partial charge >= 0.3 is 0 Å². The maximum absolute atomic E-state index is 13.0. The van der Waals surface area contributed by atoms with E-state index in [0.717, 1.165) is 45.1 Å². The van der Waals surface area contributed by atoms with Gasteiger partial charge in [0.25, 0.3) is 0 Å². The molecule has 0 aromatic heterocycles. The van der Waals surface area contributed by atoms with Crippen molar-refractivity contribution in [2.75, 3.05) is 6.54 Å². The summed E-state index contributed by atoms with van der Waals surface area (Å²) in [4.78, 5) is 15.1. The van der Waals surface area contributed by atoms with Crippen LogP contribution in [0.5, 0.6) is 0 Å². The highest BCUT2D eigenvalue weighted by Crippen LogP contribution is 2.37. The van der Waals surface area contributed by atoms with Crippen LogP contribution in [0.25, 0.3) is 0 Å². The van der Waals surface area contributed by atoms with Gasteiger partial charge in [0.05, 0.1) is 0 Å². The molecular weight excluding hydrogens is 284 g/mol. The Morgan fingerprint density at radius 1 is 1.09 bits per heavy atom. The monoisotopic (exact) mass is 314 g/mol. The van der Waals surface area contributed by atoms with Crippen LogP contribution in [0.15, 0.2) is 30.3 Å². The Labute approximate surface area is 140 Å². The fourth-order valence-corrected chi connectivity index (χ4v) is 4.41. The molecule has 0 radical (unpaired) electrons. The van der Waals surface area contributed by atoms with Crippen LogP contribution in [0, 0.1) is 5.92 Å². The minimum atomic E-state index is 0.0832. The molecule has 23 heavy (non-hydrogen) atoms. The van der Waals surface area contributed by atoms with Crippen molar-refractivity contribution >= 4 is 5.91 Å². The average Bonchev–Trinajstić information content (AvgIpc) is 2.62. The molecule has 2 aliphatic rings. The summed E-state index contributed by atoms with van der Waals surface area (Å²) in [5.74, 6) is 1.22. The lowest BCUT2D eigenvalue weighted by atomic mass is 9.78. The lowest BCUT2D eigenvalue weighted by molar-refractivity contribution is -0.140. The first-order valence-electron chi connectivity index (χ1n) is 9.28. The summed E-state index contributed by atoms with van der Waals surface area (Å²) < 4.78 is 0. The maximum atomic E-state index is 13.0. The van der Waals surface area contributed by atoms with Crippen LogP contribution in [-0.2, 0) is 4.79 Å². The predicted octanol–water partition coefficient (Wildman–Crippen LogP) is 3.69. The van der Waals surface area contributed by atoms with Crippen LogP contribution in [0.4, 0.5) is 0 Å². The number of benzene rings is 1. The van der Waals surface area contributed by atoms with E-state index in [4.69, 9.17) is 5.73 Å². The number of hydrogen-bond acceptors (Lipinski definition) is 2. The van der Waals surface area contributed by atoms with Gasteiger partial charge in [0.1, 0.15) is 0 Å². The minimum absolute atomic E-state index is 0.0832. The summed E-state index contributed by atoms with van der Waals surface area (Å²) >= 11 is 0. The molecule has 3 heteroatoms. The molecule has 0 bridgehead atoms. The van der Waals surface area contributed by atoms with E-state index in [0.29, 0.717) is 11.8 Å². The van der Waals surface area contributed by atoms with Crippen molar-refractivity contribution in [2.24, 2.45) is 11.7 Å². The van der Waals surface area contributed by atoms with Crippen molar-refractivity contribution in [1.82, 2.24) is 4.90 Å². The molecule has 1 heterocycles. The molecule has 0 spiro atoms. The maximum Gasteiger partial charge on any atom is 0.225 e. The second kappa shape index (κ2) is 7.48. The number of amides is 1. The van der Waals surface area contributed by atoms with Crippen LogP contribution in [0.3, 0.4) is 0 Å². The molecular formula is C20H30N2O. The zero-order valence-electron chi connectivity index (χ0n) is 14.3. The number of nitrogens with two attached hydrogens (primary N) is 1. The van der Waals surface area contributed by atoms with Crippen molar-refractivity contribution < 1.29 is 4.79 Å². The summed E-state index contributed by atoms with van der Waals surface area (Å²) in [6.07, 6.45) is 7.74. The quantitative estimate of drug-likeness (QED) is 0.925. The second-order valence-corrected chi connectivity index (χ2v) is 7.41. The van der Waals surface area contributed by atoms with E-state index < -0.39 is 0 Å². The van der Waals surface area contributed by atoms with Crippen LogP contribution in [0.1, 0.15) is 63.4 Å². The van der Waals surface area contributed by atoms with Gasteiger partial charge in [0.15, 0.2) is 0 Å². The highest BCUT2D eigenvalue weighted by Gasteiger charge is 2.35. The Morgan fingerprint density at radius 2 is 1.78 bits per heavy atom. The molecule has 1 aromatic rings. The summed E-state index contributed by atoms with van der Waals surface area (Å²) in [7, 11) is 0. The molecule has 1 aromatic carbocycles. The lowest BCUT2D eigenvalue weighted by Gasteiger charge is -2.41. The molecule has 2 unspecified atom stereocenters. The zero-order chi connectivity index (χ0) is 16.2. The zero-order valence-corrected chi connectivity index (χ0v) is 14.3. The highest BCUT2D eigenvalue weighted by molar-refractivity contribution is 5.79. The smallest absolute Gasteiger partial charge is 0.225 e. The molecule has 1 aliphatic heterocycles. The first kappa shape index (κ1) is 16.5. The topological polar surface area (TPSA) is 46.3 Å². The Kier molecular flexibility index (Phi) is 5.37. The van der Waals surface area contributed by atoms with Crippen LogP contribution in [-0.4, -0.2) is 29.4 Å². The molecule has 2 atom stereocenters. The van der Waals surface area contributed by atoms with Crippen LogP contribution in [0.2, 0.25) is 0 Å². The van der Waals surface area contributed by atoms with E-state index in [1.165, 1.54) is 12.0 Å². The van der Waals surface area contributed by atoms with Crippen molar-refractivity contribution in [3.63, 3.8) is 0 Å². The van der Waals surface area contributed by atoms with Crippen molar-refractivity contribution in [2.45, 2.75) is 69.9 Å². The molecule has 1 aliphatic carbocycles. The Balaban J connectivity index is 1.59. The molecule has 2 fully saturated rings. The number of nitrogens with zero attached hydrogens (tertiary/aromatic N) is 1. The van der Waals surface area contributed by atoms with Crippen LogP contribution >= 0.6 is 0 Å². The van der Waals surface area contributed by atoms with Gasteiger partial charge in [-0.3, -0.25) is 4.79 Å².